The molecular formula is C26H35N3O3. The summed E-state index contributed by atoms with van der Waals surface area (Å²) in [7, 11) is 1.60. The van der Waals surface area contributed by atoms with E-state index in [0.717, 1.165) is 43.1 Å². The summed E-state index contributed by atoms with van der Waals surface area (Å²) < 4.78 is 5.13. The first-order valence-corrected chi connectivity index (χ1v) is 11.5. The van der Waals surface area contributed by atoms with Crippen molar-refractivity contribution in [2.45, 2.75) is 46.0 Å². The first kappa shape index (κ1) is 23.8. The van der Waals surface area contributed by atoms with E-state index in [2.05, 4.69) is 29.2 Å². The molecule has 3 rings (SSSR count). The highest BCUT2D eigenvalue weighted by molar-refractivity contribution is 6.00. The number of hydrogen-bond donors (Lipinski definition) is 1. The zero-order chi connectivity index (χ0) is 22.8. The van der Waals surface area contributed by atoms with E-state index in [0.29, 0.717) is 11.1 Å². The number of carbonyl (C=O) groups is 1. The molecule has 1 saturated heterocycles. The van der Waals surface area contributed by atoms with Crippen LogP contribution in [0.5, 0.6) is 5.75 Å². The Morgan fingerprint density at radius 3 is 2.28 bits per heavy atom. The summed E-state index contributed by atoms with van der Waals surface area (Å²) in [6.07, 6.45) is 5.19. The Labute approximate surface area is 191 Å². The van der Waals surface area contributed by atoms with Crippen LogP contribution in [0.2, 0.25) is 0 Å². The van der Waals surface area contributed by atoms with Gasteiger partial charge in [-0.15, -0.1) is 0 Å². The van der Waals surface area contributed by atoms with Crippen LogP contribution in [0, 0.1) is 5.41 Å². The average molecular weight is 438 g/mol. The number of methoxy groups -OCH3 is 1. The smallest absolute Gasteiger partial charge is 0.437 e. The Bertz CT molecular complexity index is 867. The lowest BCUT2D eigenvalue weighted by Crippen LogP contribution is -2.56. The molecule has 32 heavy (non-hydrogen) atoms. The van der Waals surface area contributed by atoms with Crippen molar-refractivity contribution >= 4 is 17.5 Å². The van der Waals surface area contributed by atoms with Crippen LogP contribution < -0.4 is 10.1 Å². The van der Waals surface area contributed by atoms with Crippen molar-refractivity contribution in [2.75, 3.05) is 32.1 Å². The zero-order valence-electron chi connectivity index (χ0n) is 19.5. The average Bonchev–Trinajstić information content (AvgIpc) is 2.79. The molecule has 0 aromatic heterocycles. The van der Waals surface area contributed by atoms with Gasteiger partial charge in [0.2, 0.25) is 0 Å². The third kappa shape index (κ3) is 6.57. The van der Waals surface area contributed by atoms with Gasteiger partial charge in [0.05, 0.1) is 12.8 Å². The topological polar surface area (TPSA) is 63.2 Å². The fourth-order valence-electron chi connectivity index (χ4n) is 4.61. The quantitative estimate of drug-likeness (QED) is 0.268. The summed E-state index contributed by atoms with van der Waals surface area (Å²) in [5.41, 5.74) is 2.86. The molecular weight excluding hydrogens is 402 g/mol. The molecule has 1 N–H and O–H groups in total. The summed E-state index contributed by atoms with van der Waals surface area (Å²) in [6, 6.07) is 17.0. The maximum absolute atomic E-state index is 12.3. The van der Waals surface area contributed by atoms with Crippen molar-refractivity contribution in [3.05, 3.63) is 60.2 Å². The largest absolute Gasteiger partial charge is 0.497 e. The van der Waals surface area contributed by atoms with Crippen molar-refractivity contribution in [1.82, 2.24) is 4.90 Å². The van der Waals surface area contributed by atoms with Crippen molar-refractivity contribution in [3.63, 3.8) is 0 Å². The first-order valence-electron chi connectivity index (χ1n) is 11.5. The minimum absolute atomic E-state index is 0.488. The minimum atomic E-state index is -0.613. The van der Waals surface area contributed by atoms with Crippen LogP contribution >= 0.6 is 0 Å². The summed E-state index contributed by atoms with van der Waals surface area (Å²) in [5, 5.41) is 6.91. The van der Waals surface area contributed by atoms with Crippen LogP contribution in [0.25, 0.3) is 0 Å². The van der Waals surface area contributed by atoms with Gasteiger partial charge in [0, 0.05) is 31.7 Å². The Hall–Kier alpha value is -2.86. The molecule has 1 amide bonds. The maximum atomic E-state index is 12.3. The normalized spacial score (nSPS) is 15.7. The highest BCUT2D eigenvalue weighted by atomic mass is 16.7. The molecule has 1 fully saturated rings. The summed E-state index contributed by atoms with van der Waals surface area (Å²) >= 11 is 0. The molecule has 1 heterocycles. The second-order valence-corrected chi connectivity index (χ2v) is 8.60. The summed E-state index contributed by atoms with van der Waals surface area (Å²) in [5.74, 6) is 0.723. The Balaban J connectivity index is 1.58. The molecule has 6 heteroatoms. The number of amides is 1. The maximum Gasteiger partial charge on any atom is 0.437 e. The van der Waals surface area contributed by atoms with E-state index in [-0.39, 0.29) is 0 Å². The van der Waals surface area contributed by atoms with Crippen LogP contribution in [0.3, 0.4) is 0 Å². The number of benzene rings is 2. The first-order chi connectivity index (χ1) is 15.6. The molecule has 1 aliphatic rings. The summed E-state index contributed by atoms with van der Waals surface area (Å²) in [4.78, 5) is 20.0. The molecule has 0 radical (unpaired) electrons. The minimum Gasteiger partial charge on any atom is -0.497 e. The van der Waals surface area contributed by atoms with E-state index < -0.39 is 6.09 Å². The van der Waals surface area contributed by atoms with Gasteiger partial charge in [0.15, 0.2) is 0 Å². The number of rotatable bonds is 11. The third-order valence-corrected chi connectivity index (χ3v) is 6.03. The predicted molar refractivity (Wildman–Crippen MR) is 129 cm³/mol. The van der Waals surface area contributed by atoms with Gasteiger partial charge in [-0.3, -0.25) is 10.2 Å². The van der Waals surface area contributed by atoms with E-state index in [1.807, 2.05) is 30.3 Å². The van der Waals surface area contributed by atoms with Gasteiger partial charge >= 0.3 is 6.09 Å². The Morgan fingerprint density at radius 1 is 1.03 bits per heavy atom. The lowest BCUT2D eigenvalue weighted by Gasteiger charge is -2.51. The van der Waals surface area contributed by atoms with Gasteiger partial charge in [-0.05, 0) is 48.1 Å². The molecule has 0 bridgehead atoms. The molecule has 0 atom stereocenters. The number of likely N-dealkylation sites (tertiary alicyclic amines) is 1. The fourth-order valence-corrected chi connectivity index (χ4v) is 4.61. The molecule has 1 aliphatic heterocycles. The molecule has 0 saturated carbocycles. The second-order valence-electron chi connectivity index (χ2n) is 8.60. The van der Waals surface area contributed by atoms with Gasteiger partial charge in [-0.2, -0.15) is 0 Å². The van der Waals surface area contributed by atoms with Crippen LogP contribution in [0.4, 0.5) is 10.5 Å². The van der Waals surface area contributed by atoms with Gasteiger partial charge in [-0.25, -0.2) is 4.79 Å². The van der Waals surface area contributed by atoms with Gasteiger partial charge in [0.25, 0.3) is 0 Å². The number of anilines is 1. The zero-order valence-corrected chi connectivity index (χ0v) is 19.5. The number of ether oxygens (including phenoxy) is 1. The van der Waals surface area contributed by atoms with Crippen molar-refractivity contribution in [2.24, 2.45) is 10.6 Å². The number of hydrogen-bond acceptors (Lipinski definition) is 5. The monoisotopic (exact) mass is 437 g/mol. The molecule has 2 aromatic rings. The van der Waals surface area contributed by atoms with E-state index in [4.69, 9.17) is 9.57 Å². The van der Waals surface area contributed by atoms with Crippen LogP contribution in [-0.2, 0) is 4.84 Å². The Morgan fingerprint density at radius 2 is 1.69 bits per heavy atom. The molecule has 0 spiro atoms. The van der Waals surface area contributed by atoms with Gasteiger partial charge in [-0.1, -0.05) is 62.2 Å². The molecule has 2 aromatic carbocycles. The number of carbonyl (C=O) groups excluding carboxylic acids is 1. The molecule has 0 aliphatic carbocycles. The number of oxime groups is 1. The van der Waals surface area contributed by atoms with Crippen LogP contribution in [0.15, 0.2) is 59.8 Å². The lowest BCUT2D eigenvalue weighted by atomic mass is 9.72. The van der Waals surface area contributed by atoms with Crippen LogP contribution in [-0.4, -0.2) is 43.4 Å². The molecule has 0 unspecified atom stereocenters. The fraction of sp³-hybridized carbons (Fsp3) is 0.462. The molecule has 6 nitrogen and oxygen atoms in total. The predicted octanol–water partition coefficient (Wildman–Crippen LogP) is 5.94. The third-order valence-electron chi connectivity index (χ3n) is 6.03. The number of nitrogens with zero attached hydrogens (tertiary/aromatic N) is 2. The van der Waals surface area contributed by atoms with E-state index in [1.165, 1.54) is 25.7 Å². The highest BCUT2D eigenvalue weighted by Gasteiger charge is 2.40. The lowest BCUT2D eigenvalue weighted by molar-refractivity contribution is -0.0123. The summed E-state index contributed by atoms with van der Waals surface area (Å²) in [6.45, 7) is 7.75. The Kier molecular flexibility index (Phi) is 8.68. The second kappa shape index (κ2) is 11.7. The van der Waals surface area contributed by atoms with Crippen molar-refractivity contribution in [1.29, 1.82) is 0 Å². The van der Waals surface area contributed by atoms with E-state index in [1.54, 1.807) is 31.4 Å². The standard InChI is InChI=1S/C26H35N3O3/c1-4-16-26(17-5-2)19-29(20-26)18-15-24(21-9-7-6-8-10-21)28-32-25(30)27-22-11-13-23(31-3)14-12-22/h6-14H,4-5,15-20H2,1-3H3,(H,27,30)/b28-24-. The van der Waals surface area contributed by atoms with Gasteiger partial charge in [0.1, 0.15) is 5.75 Å². The highest BCUT2D eigenvalue weighted by Crippen LogP contribution is 2.39. The number of nitrogens with one attached hydrogen (secondary N) is 1. The van der Waals surface area contributed by atoms with E-state index >= 15 is 0 Å². The van der Waals surface area contributed by atoms with E-state index in [9.17, 15) is 4.79 Å². The van der Waals surface area contributed by atoms with Crippen LogP contribution in [0.1, 0.15) is 51.5 Å². The van der Waals surface area contributed by atoms with Gasteiger partial charge < -0.3 is 9.64 Å². The van der Waals surface area contributed by atoms with Crippen molar-refractivity contribution < 1.29 is 14.4 Å². The van der Waals surface area contributed by atoms with Crippen molar-refractivity contribution in [3.8, 4) is 5.75 Å². The SMILES string of the molecule is CCCC1(CCC)CN(CC/C(=N/OC(=O)Nc2ccc(OC)cc2)c2ccccc2)C1. The molecule has 172 valence electrons.